The van der Waals surface area contributed by atoms with Gasteiger partial charge < -0.3 is 15.3 Å². The monoisotopic (exact) mass is 290 g/mol. The molecule has 1 aliphatic heterocycles. The smallest absolute Gasteiger partial charge is 0.335 e. The van der Waals surface area contributed by atoms with E-state index in [0.29, 0.717) is 31.6 Å². The van der Waals surface area contributed by atoms with E-state index in [9.17, 15) is 14.4 Å². The van der Waals surface area contributed by atoms with Gasteiger partial charge in [-0.15, -0.1) is 0 Å². The van der Waals surface area contributed by atoms with Crippen molar-refractivity contribution in [1.82, 2.24) is 5.32 Å². The fourth-order valence-corrected chi connectivity index (χ4v) is 2.44. The maximum atomic E-state index is 12.0. The zero-order valence-corrected chi connectivity index (χ0v) is 11.9. The van der Waals surface area contributed by atoms with Crippen LogP contribution in [0, 0.1) is 0 Å². The third kappa shape index (κ3) is 3.39. The molecule has 6 nitrogen and oxygen atoms in total. The number of anilines is 1. The number of hydrogen-bond acceptors (Lipinski definition) is 3. The summed E-state index contributed by atoms with van der Waals surface area (Å²) in [7, 11) is 0. The average Bonchev–Trinajstić information content (AvgIpc) is 2.46. The van der Waals surface area contributed by atoms with Crippen molar-refractivity contribution in [1.29, 1.82) is 0 Å². The molecule has 0 radical (unpaired) electrons. The number of carbonyl (C=O) groups is 3. The highest BCUT2D eigenvalue weighted by atomic mass is 16.4. The molecule has 2 rings (SSSR count). The van der Waals surface area contributed by atoms with Gasteiger partial charge in [-0.1, -0.05) is 0 Å². The Bertz CT molecular complexity index is 583. The molecule has 0 aliphatic carbocycles. The number of amides is 2. The number of hydrogen-bond donors (Lipinski definition) is 2. The van der Waals surface area contributed by atoms with E-state index in [-0.39, 0.29) is 23.8 Å². The number of benzene rings is 1. The molecule has 1 aromatic carbocycles. The molecule has 0 saturated carbocycles. The predicted octanol–water partition coefficient (Wildman–Crippen LogP) is 1.19. The molecule has 0 aromatic heterocycles. The van der Waals surface area contributed by atoms with Gasteiger partial charge in [0.25, 0.3) is 0 Å². The molecule has 2 N–H and O–H groups in total. The Kier molecular flexibility index (Phi) is 4.57. The van der Waals surface area contributed by atoms with E-state index in [2.05, 4.69) is 5.32 Å². The first kappa shape index (κ1) is 15.0. The number of carboxylic acids is 1. The number of fused-ring (bicyclic) bond motifs is 1. The highest BCUT2D eigenvalue weighted by molar-refractivity contribution is 5.98. The zero-order valence-electron chi connectivity index (χ0n) is 11.9. The normalized spacial score (nSPS) is 13.8. The van der Waals surface area contributed by atoms with Crippen molar-refractivity contribution in [3.05, 3.63) is 29.3 Å². The third-order valence-corrected chi connectivity index (χ3v) is 3.46. The highest BCUT2D eigenvalue weighted by Gasteiger charge is 2.25. The van der Waals surface area contributed by atoms with Gasteiger partial charge in [-0.2, -0.15) is 0 Å². The number of nitrogens with zero attached hydrogens (tertiary/aromatic N) is 1. The van der Waals surface area contributed by atoms with Crippen molar-refractivity contribution in [2.75, 3.05) is 18.0 Å². The Morgan fingerprint density at radius 1 is 1.33 bits per heavy atom. The molecule has 0 spiro atoms. The molecule has 0 fully saturated rings. The van der Waals surface area contributed by atoms with Crippen molar-refractivity contribution in [2.24, 2.45) is 0 Å². The Hall–Kier alpha value is -2.37. The third-order valence-electron chi connectivity index (χ3n) is 3.46. The fraction of sp³-hybridized carbons (Fsp3) is 0.400. The van der Waals surface area contributed by atoms with Gasteiger partial charge in [0, 0.05) is 31.6 Å². The van der Waals surface area contributed by atoms with Crippen LogP contribution < -0.4 is 10.2 Å². The van der Waals surface area contributed by atoms with E-state index >= 15 is 0 Å². The lowest BCUT2D eigenvalue weighted by Gasteiger charge is -2.29. The first-order valence-corrected chi connectivity index (χ1v) is 6.96. The van der Waals surface area contributed by atoms with Crippen LogP contribution >= 0.6 is 0 Å². The van der Waals surface area contributed by atoms with Crippen LogP contribution in [0.2, 0.25) is 0 Å². The lowest BCUT2D eigenvalue weighted by atomic mass is 9.98. The minimum atomic E-state index is -0.983. The van der Waals surface area contributed by atoms with Gasteiger partial charge in [0.05, 0.1) is 5.56 Å². The summed E-state index contributed by atoms with van der Waals surface area (Å²) in [6.07, 6.45) is 1.11. The number of aromatic carboxylic acids is 1. The van der Waals surface area contributed by atoms with Gasteiger partial charge in [-0.3, -0.25) is 9.59 Å². The molecule has 1 aromatic rings. The molecule has 2 amide bonds. The van der Waals surface area contributed by atoms with Crippen LogP contribution in [-0.2, 0) is 16.0 Å². The molecule has 0 atom stereocenters. The minimum absolute atomic E-state index is 0.0325. The van der Waals surface area contributed by atoms with E-state index in [0.717, 1.165) is 5.56 Å². The van der Waals surface area contributed by atoms with Crippen molar-refractivity contribution in [3.8, 4) is 0 Å². The largest absolute Gasteiger partial charge is 0.478 e. The number of rotatable bonds is 5. The lowest BCUT2D eigenvalue weighted by Crippen LogP contribution is -2.38. The molecule has 21 heavy (non-hydrogen) atoms. The number of carbonyl (C=O) groups excluding carboxylic acids is 2. The summed E-state index contributed by atoms with van der Waals surface area (Å²) in [5.74, 6) is -1.11. The van der Waals surface area contributed by atoms with Gasteiger partial charge in [0.15, 0.2) is 0 Å². The summed E-state index contributed by atoms with van der Waals surface area (Å²) in [6, 6.07) is 4.73. The van der Waals surface area contributed by atoms with Crippen molar-refractivity contribution in [2.45, 2.75) is 26.2 Å². The van der Waals surface area contributed by atoms with Crippen LogP contribution in [0.25, 0.3) is 0 Å². The van der Waals surface area contributed by atoms with E-state index in [4.69, 9.17) is 5.11 Å². The molecule has 6 heteroatoms. The average molecular weight is 290 g/mol. The van der Waals surface area contributed by atoms with Crippen LogP contribution in [0.15, 0.2) is 18.2 Å². The van der Waals surface area contributed by atoms with E-state index < -0.39 is 5.97 Å². The number of carboxylic acid groups (broad SMARTS) is 1. The van der Waals surface area contributed by atoms with Crippen LogP contribution in [-0.4, -0.2) is 36.0 Å². The topological polar surface area (TPSA) is 86.7 Å². The fourth-order valence-electron chi connectivity index (χ4n) is 2.44. The summed E-state index contributed by atoms with van der Waals surface area (Å²) in [5, 5.41) is 11.7. The SMILES string of the molecule is CCNC(=O)CCN1C(=O)CCc2cc(C(=O)O)ccc21. The second-order valence-electron chi connectivity index (χ2n) is 4.90. The van der Waals surface area contributed by atoms with E-state index in [1.807, 2.05) is 6.92 Å². The van der Waals surface area contributed by atoms with Crippen LogP contribution in [0.5, 0.6) is 0 Å². The standard InChI is InChI=1S/C15H18N2O4/c1-2-16-13(18)7-8-17-12-5-3-11(15(20)21)9-10(12)4-6-14(17)19/h3,5,9H,2,4,6-8H2,1H3,(H,16,18)(H,20,21). The maximum Gasteiger partial charge on any atom is 0.335 e. The summed E-state index contributed by atoms with van der Waals surface area (Å²) in [5.41, 5.74) is 1.76. The Balaban J connectivity index is 2.18. The van der Waals surface area contributed by atoms with Crippen LogP contribution in [0.4, 0.5) is 5.69 Å². The molecule has 0 saturated heterocycles. The molecular weight excluding hydrogens is 272 g/mol. The first-order valence-electron chi connectivity index (χ1n) is 6.96. The van der Waals surface area contributed by atoms with Crippen molar-refractivity contribution < 1.29 is 19.5 Å². The summed E-state index contributed by atoms with van der Waals surface area (Å²) < 4.78 is 0. The quantitative estimate of drug-likeness (QED) is 0.853. The Morgan fingerprint density at radius 3 is 2.76 bits per heavy atom. The molecule has 1 aliphatic rings. The van der Waals surface area contributed by atoms with Crippen molar-refractivity contribution >= 4 is 23.5 Å². The predicted molar refractivity (Wildman–Crippen MR) is 77.4 cm³/mol. The van der Waals surface area contributed by atoms with Crippen LogP contribution in [0.1, 0.15) is 35.7 Å². The summed E-state index contributed by atoms with van der Waals surface area (Å²) in [4.78, 5) is 36.1. The van der Waals surface area contributed by atoms with Crippen LogP contribution in [0.3, 0.4) is 0 Å². The zero-order chi connectivity index (χ0) is 15.4. The van der Waals surface area contributed by atoms with Gasteiger partial charge in [0.2, 0.25) is 11.8 Å². The van der Waals surface area contributed by atoms with Gasteiger partial charge >= 0.3 is 5.97 Å². The molecule has 1 heterocycles. The molecule has 0 unspecified atom stereocenters. The molecule has 112 valence electrons. The first-order chi connectivity index (χ1) is 10.0. The molecular formula is C15H18N2O4. The highest BCUT2D eigenvalue weighted by Crippen LogP contribution is 2.28. The minimum Gasteiger partial charge on any atom is -0.478 e. The Morgan fingerprint density at radius 2 is 2.10 bits per heavy atom. The second-order valence-corrected chi connectivity index (χ2v) is 4.90. The summed E-state index contributed by atoms with van der Waals surface area (Å²) in [6.45, 7) is 2.71. The van der Waals surface area contributed by atoms with Crippen molar-refractivity contribution in [3.63, 3.8) is 0 Å². The molecule has 0 bridgehead atoms. The van der Waals surface area contributed by atoms with E-state index in [1.54, 1.807) is 17.0 Å². The van der Waals surface area contributed by atoms with Gasteiger partial charge in [-0.05, 0) is 37.1 Å². The number of aryl methyl sites for hydroxylation is 1. The Labute approximate surface area is 122 Å². The number of nitrogens with one attached hydrogen (secondary N) is 1. The maximum absolute atomic E-state index is 12.0. The van der Waals surface area contributed by atoms with Gasteiger partial charge in [-0.25, -0.2) is 4.79 Å². The summed E-state index contributed by atoms with van der Waals surface area (Å²) >= 11 is 0. The van der Waals surface area contributed by atoms with E-state index in [1.165, 1.54) is 6.07 Å². The van der Waals surface area contributed by atoms with Gasteiger partial charge in [0.1, 0.15) is 0 Å². The second kappa shape index (κ2) is 6.39. The lowest BCUT2D eigenvalue weighted by molar-refractivity contribution is -0.121.